The number of thiophene rings is 1. The fourth-order valence-electron chi connectivity index (χ4n) is 2.23. The second-order valence-electron chi connectivity index (χ2n) is 4.98. The van der Waals surface area contributed by atoms with E-state index in [0.29, 0.717) is 6.54 Å². The second-order valence-corrected chi connectivity index (χ2v) is 6.95. The van der Waals surface area contributed by atoms with Gasteiger partial charge in [-0.2, -0.15) is 0 Å². The molecule has 3 aromatic rings. The highest BCUT2D eigenvalue weighted by molar-refractivity contribution is 7.10. The molecule has 3 nitrogen and oxygen atoms in total. The molecule has 1 N–H and O–H groups in total. The van der Waals surface area contributed by atoms with Crippen LogP contribution >= 0.6 is 22.7 Å². The molecular formula is C17H16N2OS2. The molecule has 1 amide bonds. The third-order valence-corrected chi connectivity index (χ3v) is 5.12. The van der Waals surface area contributed by atoms with Crippen LogP contribution in [0.2, 0.25) is 0 Å². The van der Waals surface area contributed by atoms with E-state index in [1.807, 2.05) is 42.6 Å². The molecule has 0 atom stereocenters. The second kappa shape index (κ2) is 6.85. The number of benzene rings is 1. The molecular weight excluding hydrogens is 312 g/mol. The summed E-state index contributed by atoms with van der Waals surface area (Å²) in [7, 11) is 0. The Morgan fingerprint density at radius 3 is 2.77 bits per heavy atom. The zero-order valence-electron chi connectivity index (χ0n) is 12.2. The third kappa shape index (κ3) is 3.61. The summed E-state index contributed by atoms with van der Waals surface area (Å²) in [6.45, 7) is 2.43. The van der Waals surface area contributed by atoms with E-state index in [-0.39, 0.29) is 5.91 Å². The number of aryl methyl sites for hydroxylation is 1. The van der Waals surface area contributed by atoms with E-state index >= 15 is 0 Å². The number of carbonyl (C=O) groups excluding carboxylic acids is 1. The van der Waals surface area contributed by atoms with Crippen LogP contribution in [-0.2, 0) is 13.0 Å². The van der Waals surface area contributed by atoms with E-state index in [0.717, 1.165) is 28.2 Å². The van der Waals surface area contributed by atoms with Gasteiger partial charge in [0.25, 0.3) is 5.91 Å². The predicted octanol–water partition coefficient (Wildman–Crippen LogP) is 4.03. The van der Waals surface area contributed by atoms with Crippen molar-refractivity contribution in [3.8, 4) is 0 Å². The van der Waals surface area contributed by atoms with E-state index in [1.54, 1.807) is 22.7 Å². The molecule has 22 heavy (non-hydrogen) atoms. The lowest BCUT2D eigenvalue weighted by molar-refractivity contribution is 0.0950. The van der Waals surface area contributed by atoms with Gasteiger partial charge in [0.2, 0.25) is 0 Å². The number of amides is 1. The van der Waals surface area contributed by atoms with E-state index < -0.39 is 0 Å². The van der Waals surface area contributed by atoms with Crippen molar-refractivity contribution in [3.05, 3.63) is 73.9 Å². The topological polar surface area (TPSA) is 42.0 Å². The molecule has 2 heterocycles. The summed E-state index contributed by atoms with van der Waals surface area (Å²) >= 11 is 3.28. The quantitative estimate of drug-likeness (QED) is 0.768. The van der Waals surface area contributed by atoms with Crippen molar-refractivity contribution >= 4 is 28.6 Å². The molecule has 0 aliphatic heterocycles. The summed E-state index contributed by atoms with van der Waals surface area (Å²) in [5, 5.41) is 7.94. The van der Waals surface area contributed by atoms with Gasteiger partial charge in [-0.3, -0.25) is 4.79 Å². The standard InChI is InChI=1S/C17H16N2OS2/c1-12-11-22-16(19-12)10-18-17(20)15-7-3-2-5-13(15)9-14-6-4-8-21-14/h2-8,11H,9-10H2,1H3,(H,18,20). The Morgan fingerprint density at radius 2 is 2.05 bits per heavy atom. The lowest BCUT2D eigenvalue weighted by Crippen LogP contribution is -2.24. The summed E-state index contributed by atoms with van der Waals surface area (Å²) in [4.78, 5) is 18.1. The van der Waals surface area contributed by atoms with Crippen LogP contribution in [0, 0.1) is 6.92 Å². The minimum Gasteiger partial charge on any atom is -0.346 e. The fraction of sp³-hybridized carbons (Fsp3) is 0.176. The van der Waals surface area contributed by atoms with Gasteiger partial charge in [0.15, 0.2) is 0 Å². The van der Waals surface area contributed by atoms with E-state index in [9.17, 15) is 4.79 Å². The first-order chi connectivity index (χ1) is 10.7. The summed E-state index contributed by atoms with van der Waals surface area (Å²) in [6, 6.07) is 11.9. The Labute approximate surface area is 137 Å². The molecule has 2 aromatic heterocycles. The highest BCUT2D eigenvalue weighted by Gasteiger charge is 2.12. The average Bonchev–Trinajstić information content (AvgIpc) is 3.17. The fourth-order valence-corrected chi connectivity index (χ4v) is 3.67. The van der Waals surface area contributed by atoms with Crippen LogP contribution in [0.1, 0.15) is 31.5 Å². The smallest absolute Gasteiger partial charge is 0.251 e. The average molecular weight is 328 g/mol. The number of nitrogens with one attached hydrogen (secondary N) is 1. The zero-order chi connectivity index (χ0) is 15.4. The summed E-state index contributed by atoms with van der Waals surface area (Å²) < 4.78 is 0. The van der Waals surface area contributed by atoms with Crippen molar-refractivity contribution in [1.82, 2.24) is 10.3 Å². The van der Waals surface area contributed by atoms with Gasteiger partial charge in [-0.05, 0) is 30.0 Å². The highest BCUT2D eigenvalue weighted by atomic mass is 32.1. The van der Waals surface area contributed by atoms with Crippen LogP contribution in [0.3, 0.4) is 0 Å². The van der Waals surface area contributed by atoms with Crippen LogP contribution in [0.5, 0.6) is 0 Å². The first-order valence-electron chi connectivity index (χ1n) is 7.02. The Kier molecular flexibility index (Phi) is 4.65. The molecule has 0 radical (unpaired) electrons. The SMILES string of the molecule is Cc1csc(CNC(=O)c2ccccc2Cc2cccs2)n1. The molecule has 0 spiro atoms. The first kappa shape index (κ1) is 14.9. The highest BCUT2D eigenvalue weighted by Crippen LogP contribution is 2.18. The molecule has 0 unspecified atom stereocenters. The van der Waals surface area contributed by atoms with Gasteiger partial charge >= 0.3 is 0 Å². The van der Waals surface area contributed by atoms with Crippen LogP contribution in [0.15, 0.2) is 47.2 Å². The van der Waals surface area contributed by atoms with Crippen LogP contribution in [0.25, 0.3) is 0 Å². The maximum absolute atomic E-state index is 12.4. The van der Waals surface area contributed by atoms with Gasteiger partial charge in [0.1, 0.15) is 5.01 Å². The number of hydrogen-bond donors (Lipinski definition) is 1. The summed E-state index contributed by atoms with van der Waals surface area (Å²) in [6.07, 6.45) is 0.789. The van der Waals surface area contributed by atoms with E-state index in [4.69, 9.17) is 0 Å². The molecule has 0 bridgehead atoms. The monoisotopic (exact) mass is 328 g/mol. The van der Waals surface area contributed by atoms with Gasteiger partial charge < -0.3 is 5.32 Å². The first-order valence-corrected chi connectivity index (χ1v) is 8.78. The lowest BCUT2D eigenvalue weighted by Gasteiger charge is -2.08. The molecule has 112 valence electrons. The van der Waals surface area contributed by atoms with Gasteiger partial charge in [0.05, 0.1) is 6.54 Å². The summed E-state index contributed by atoms with van der Waals surface area (Å²) in [5.41, 5.74) is 2.79. The molecule has 0 aliphatic rings. The molecule has 0 fully saturated rings. The minimum atomic E-state index is -0.0417. The number of thiazole rings is 1. The van der Waals surface area contributed by atoms with Crippen LogP contribution in [-0.4, -0.2) is 10.9 Å². The van der Waals surface area contributed by atoms with Gasteiger partial charge in [-0.25, -0.2) is 4.98 Å². The molecule has 3 rings (SSSR count). The molecule has 0 saturated heterocycles. The zero-order valence-corrected chi connectivity index (χ0v) is 13.8. The van der Waals surface area contributed by atoms with E-state index in [1.165, 1.54) is 4.88 Å². The van der Waals surface area contributed by atoms with Crippen molar-refractivity contribution in [1.29, 1.82) is 0 Å². The van der Waals surface area contributed by atoms with Crippen molar-refractivity contribution in [3.63, 3.8) is 0 Å². The number of rotatable bonds is 5. The largest absolute Gasteiger partial charge is 0.346 e. The molecule has 0 saturated carbocycles. The number of aromatic nitrogens is 1. The maximum Gasteiger partial charge on any atom is 0.251 e. The number of nitrogens with zero attached hydrogens (tertiary/aromatic N) is 1. The van der Waals surface area contributed by atoms with Crippen LogP contribution in [0.4, 0.5) is 0 Å². The molecule has 5 heteroatoms. The van der Waals surface area contributed by atoms with Crippen LogP contribution < -0.4 is 5.32 Å². The lowest BCUT2D eigenvalue weighted by atomic mass is 10.0. The summed E-state index contributed by atoms with van der Waals surface area (Å²) in [5.74, 6) is -0.0417. The number of hydrogen-bond acceptors (Lipinski definition) is 4. The van der Waals surface area contributed by atoms with Crippen molar-refractivity contribution < 1.29 is 4.79 Å². The Bertz CT molecular complexity index is 763. The normalized spacial score (nSPS) is 10.6. The van der Waals surface area contributed by atoms with Crippen molar-refractivity contribution in [2.24, 2.45) is 0 Å². The Balaban J connectivity index is 1.71. The minimum absolute atomic E-state index is 0.0417. The van der Waals surface area contributed by atoms with Gasteiger partial charge in [0, 0.05) is 27.9 Å². The number of carbonyl (C=O) groups is 1. The van der Waals surface area contributed by atoms with E-state index in [2.05, 4.69) is 21.7 Å². The molecule has 1 aromatic carbocycles. The Hall–Kier alpha value is -1.98. The third-order valence-electron chi connectivity index (χ3n) is 3.27. The van der Waals surface area contributed by atoms with Gasteiger partial charge in [-0.1, -0.05) is 24.3 Å². The van der Waals surface area contributed by atoms with Gasteiger partial charge in [-0.15, -0.1) is 22.7 Å². The maximum atomic E-state index is 12.4. The Morgan fingerprint density at radius 1 is 1.18 bits per heavy atom. The van der Waals surface area contributed by atoms with Crippen molar-refractivity contribution in [2.45, 2.75) is 19.9 Å². The predicted molar refractivity (Wildman–Crippen MR) is 91.6 cm³/mol. The van der Waals surface area contributed by atoms with Crippen molar-refractivity contribution in [2.75, 3.05) is 0 Å². The molecule has 0 aliphatic carbocycles.